The first-order valence-electron chi connectivity index (χ1n) is 6.96. The SMILES string of the molecule is Fc1cccc(CNC2CCc3cc(Br)ccc3C2)c1. The van der Waals surface area contributed by atoms with Crippen LogP contribution in [-0.4, -0.2) is 6.04 Å². The first-order valence-corrected chi connectivity index (χ1v) is 7.75. The van der Waals surface area contributed by atoms with E-state index in [9.17, 15) is 4.39 Å². The molecule has 1 N–H and O–H groups in total. The van der Waals surface area contributed by atoms with Gasteiger partial charge in [0.15, 0.2) is 0 Å². The van der Waals surface area contributed by atoms with E-state index in [4.69, 9.17) is 0 Å². The van der Waals surface area contributed by atoms with Crippen LogP contribution in [0.25, 0.3) is 0 Å². The average molecular weight is 334 g/mol. The van der Waals surface area contributed by atoms with Gasteiger partial charge in [-0.3, -0.25) is 0 Å². The zero-order chi connectivity index (χ0) is 13.9. The molecule has 0 aromatic heterocycles. The van der Waals surface area contributed by atoms with E-state index in [1.54, 1.807) is 12.1 Å². The normalized spacial score (nSPS) is 17.8. The second-order valence-electron chi connectivity index (χ2n) is 5.36. The van der Waals surface area contributed by atoms with Crippen molar-refractivity contribution in [2.24, 2.45) is 0 Å². The molecule has 20 heavy (non-hydrogen) atoms. The van der Waals surface area contributed by atoms with Crippen LogP contribution >= 0.6 is 15.9 Å². The van der Waals surface area contributed by atoms with Gasteiger partial charge in [-0.1, -0.05) is 34.1 Å². The maximum atomic E-state index is 13.1. The molecule has 2 aromatic carbocycles. The monoisotopic (exact) mass is 333 g/mol. The molecule has 1 atom stereocenters. The number of fused-ring (bicyclic) bond motifs is 1. The summed E-state index contributed by atoms with van der Waals surface area (Å²) >= 11 is 3.52. The molecule has 3 rings (SSSR count). The molecule has 0 saturated carbocycles. The minimum absolute atomic E-state index is 0.164. The van der Waals surface area contributed by atoms with Crippen LogP contribution in [0.15, 0.2) is 46.9 Å². The van der Waals surface area contributed by atoms with E-state index in [0.717, 1.165) is 35.8 Å². The number of rotatable bonds is 3. The summed E-state index contributed by atoms with van der Waals surface area (Å²) in [6, 6.07) is 13.8. The van der Waals surface area contributed by atoms with Gasteiger partial charge in [0.1, 0.15) is 5.82 Å². The van der Waals surface area contributed by atoms with Crippen LogP contribution in [-0.2, 0) is 19.4 Å². The van der Waals surface area contributed by atoms with E-state index in [-0.39, 0.29) is 5.82 Å². The quantitative estimate of drug-likeness (QED) is 0.886. The summed E-state index contributed by atoms with van der Waals surface area (Å²) in [6.07, 6.45) is 3.30. The summed E-state index contributed by atoms with van der Waals surface area (Å²) < 4.78 is 14.3. The van der Waals surface area contributed by atoms with Gasteiger partial charge in [-0.05, 0) is 60.2 Å². The predicted octanol–water partition coefficient (Wildman–Crippen LogP) is 4.24. The Balaban J connectivity index is 1.62. The van der Waals surface area contributed by atoms with Crippen molar-refractivity contribution < 1.29 is 4.39 Å². The Morgan fingerprint density at radius 3 is 2.90 bits per heavy atom. The van der Waals surface area contributed by atoms with Crippen molar-refractivity contribution in [3.8, 4) is 0 Å². The van der Waals surface area contributed by atoms with E-state index >= 15 is 0 Å². The van der Waals surface area contributed by atoms with Crippen molar-refractivity contribution in [2.75, 3.05) is 0 Å². The molecule has 0 fully saturated rings. The molecule has 1 aliphatic carbocycles. The Hall–Kier alpha value is -1.19. The van der Waals surface area contributed by atoms with Gasteiger partial charge in [-0.15, -0.1) is 0 Å². The lowest BCUT2D eigenvalue weighted by atomic mass is 9.88. The van der Waals surface area contributed by atoms with Crippen LogP contribution in [0.4, 0.5) is 4.39 Å². The number of halogens is 2. The molecule has 2 aromatic rings. The highest BCUT2D eigenvalue weighted by atomic mass is 79.9. The van der Waals surface area contributed by atoms with Crippen LogP contribution < -0.4 is 5.32 Å². The van der Waals surface area contributed by atoms with Gasteiger partial charge in [0.25, 0.3) is 0 Å². The van der Waals surface area contributed by atoms with Crippen molar-refractivity contribution in [2.45, 2.75) is 31.8 Å². The zero-order valence-corrected chi connectivity index (χ0v) is 12.8. The maximum Gasteiger partial charge on any atom is 0.123 e. The van der Waals surface area contributed by atoms with Gasteiger partial charge in [-0.2, -0.15) is 0 Å². The van der Waals surface area contributed by atoms with Crippen LogP contribution in [0, 0.1) is 5.82 Å². The van der Waals surface area contributed by atoms with E-state index in [0.29, 0.717) is 6.04 Å². The minimum Gasteiger partial charge on any atom is -0.310 e. The number of nitrogens with one attached hydrogen (secondary N) is 1. The van der Waals surface area contributed by atoms with Crippen LogP contribution in [0.3, 0.4) is 0 Å². The fourth-order valence-corrected chi connectivity index (χ4v) is 3.22. The molecule has 0 radical (unpaired) electrons. The summed E-state index contributed by atoms with van der Waals surface area (Å²) in [4.78, 5) is 0. The Morgan fingerprint density at radius 1 is 1.15 bits per heavy atom. The first kappa shape index (κ1) is 13.8. The van der Waals surface area contributed by atoms with Crippen molar-refractivity contribution in [3.63, 3.8) is 0 Å². The van der Waals surface area contributed by atoms with Crippen molar-refractivity contribution in [3.05, 3.63) is 69.4 Å². The highest BCUT2D eigenvalue weighted by Crippen LogP contribution is 2.25. The van der Waals surface area contributed by atoms with Gasteiger partial charge in [0, 0.05) is 17.1 Å². The molecule has 0 aliphatic heterocycles. The molecule has 1 aliphatic rings. The topological polar surface area (TPSA) is 12.0 Å². The molecule has 0 saturated heterocycles. The third-order valence-corrected chi connectivity index (χ3v) is 4.37. The van der Waals surface area contributed by atoms with Crippen molar-refractivity contribution in [1.82, 2.24) is 5.32 Å². The predicted molar refractivity (Wildman–Crippen MR) is 83.2 cm³/mol. The molecular formula is C17H17BrFN. The van der Waals surface area contributed by atoms with Gasteiger partial charge in [0.2, 0.25) is 0 Å². The zero-order valence-electron chi connectivity index (χ0n) is 11.2. The summed E-state index contributed by atoms with van der Waals surface area (Å²) in [6.45, 7) is 0.730. The third-order valence-electron chi connectivity index (χ3n) is 3.88. The van der Waals surface area contributed by atoms with E-state index in [1.807, 2.05) is 6.07 Å². The lowest BCUT2D eigenvalue weighted by molar-refractivity contribution is 0.457. The lowest BCUT2D eigenvalue weighted by Crippen LogP contribution is -2.34. The largest absolute Gasteiger partial charge is 0.310 e. The first-order chi connectivity index (χ1) is 9.70. The number of benzene rings is 2. The molecule has 1 unspecified atom stereocenters. The van der Waals surface area contributed by atoms with Gasteiger partial charge in [-0.25, -0.2) is 4.39 Å². The molecular weight excluding hydrogens is 317 g/mol. The Morgan fingerprint density at radius 2 is 2.05 bits per heavy atom. The Bertz CT molecular complexity index is 612. The summed E-state index contributed by atoms with van der Waals surface area (Å²) in [7, 11) is 0. The molecule has 3 heteroatoms. The van der Waals surface area contributed by atoms with E-state index in [2.05, 4.69) is 39.4 Å². The van der Waals surface area contributed by atoms with E-state index in [1.165, 1.54) is 17.2 Å². The highest BCUT2D eigenvalue weighted by Gasteiger charge is 2.18. The average Bonchev–Trinajstić information content (AvgIpc) is 2.45. The second-order valence-corrected chi connectivity index (χ2v) is 6.28. The van der Waals surface area contributed by atoms with Crippen LogP contribution in [0.5, 0.6) is 0 Å². The fourth-order valence-electron chi connectivity index (χ4n) is 2.81. The molecule has 0 spiro atoms. The number of hydrogen-bond acceptors (Lipinski definition) is 1. The van der Waals surface area contributed by atoms with Crippen molar-refractivity contribution >= 4 is 15.9 Å². The standard InChI is InChI=1S/C17H17BrFN/c18-15-6-4-14-10-17(7-5-13(14)9-15)20-11-12-2-1-3-16(19)8-12/h1-4,6,8-9,17,20H,5,7,10-11H2. The molecule has 1 nitrogen and oxygen atoms in total. The van der Waals surface area contributed by atoms with Crippen molar-refractivity contribution in [1.29, 1.82) is 0 Å². The minimum atomic E-state index is -0.164. The lowest BCUT2D eigenvalue weighted by Gasteiger charge is -2.26. The number of aryl methyl sites for hydroxylation is 1. The summed E-state index contributed by atoms with van der Waals surface area (Å²) in [5.41, 5.74) is 3.88. The second kappa shape index (κ2) is 6.06. The van der Waals surface area contributed by atoms with Crippen LogP contribution in [0.1, 0.15) is 23.1 Å². The van der Waals surface area contributed by atoms with Gasteiger partial charge >= 0.3 is 0 Å². The number of hydrogen-bond donors (Lipinski definition) is 1. The molecule has 0 bridgehead atoms. The van der Waals surface area contributed by atoms with Gasteiger partial charge < -0.3 is 5.32 Å². The maximum absolute atomic E-state index is 13.1. The summed E-state index contributed by atoms with van der Waals surface area (Å²) in [5, 5.41) is 3.54. The molecule has 0 amide bonds. The van der Waals surface area contributed by atoms with Crippen LogP contribution in [0.2, 0.25) is 0 Å². The smallest absolute Gasteiger partial charge is 0.123 e. The fraction of sp³-hybridized carbons (Fsp3) is 0.294. The Kier molecular flexibility index (Phi) is 4.18. The van der Waals surface area contributed by atoms with Gasteiger partial charge in [0.05, 0.1) is 0 Å². The highest BCUT2D eigenvalue weighted by molar-refractivity contribution is 9.10. The summed E-state index contributed by atoms with van der Waals surface area (Å²) in [5.74, 6) is -0.164. The Labute approximate surface area is 127 Å². The molecule has 104 valence electrons. The third kappa shape index (κ3) is 3.28. The van der Waals surface area contributed by atoms with E-state index < -0.39 is 0 Å². The molecule has 0 heterocycles.